The Bertz CT molecular complexity index is 611. The molecule has 1 unspecified atom stereocenters. The van der Waals surface area contributed by atoms with Gasteiger partial charge in [0.2, 0.25) is 11.8 Å². The van der Waals surface area contributed by atoms with Gasteiger partial charge in [-0.25, -0.2) is 0 Å². The third kappa shape index (κ3) is 7.83. The molecule has 6 nitrogen and oxygen atoms in total. The van der Waals surface area contributed by atoms with E-state index in [1.807, 2.05) is 33.8 Å². The van der Waals surface area contributed by atoms with E-state index in [0.717, 1.165) is 5.56 Å². The highest BCUT2D eigenvalue weighted by Gasteiger charge is 2.24. The van der Waals surface area contributed by atoms with Crippen molar-refractivity contribution in [1.29, 1.82) is 0 Å². The lowest BCUT2D eigenvalue weighted by Gasteiger charge is -2.22. The summed E-state index contributed by atoms with van der Waals surface area (Å²) in [6.07, 6.45) is 0.816. The summed E-state index contributed by atoms with van der Waals surface area (Å²) < 4.78 is 0. The van der Waals surface area contributed by atoms with Gasteiger partial charge in [0, 0.05) is 18.5 Å². The highest BCUT2D eigenvalue weighted by molar-refractivity contribution is 5.97. The number of carboxylic acids is 1. The van der Waals surface area contributed by atoms with Gasteiger partial charge in [0.05, 0.1) is 0 Å². The molecule has 1 atom stereocenters. The van der Waals surface area contributed by atoms with Crippen LogP contribution in [0.5, 0.6) is 0 Å². The molecule has 138 valence electrons. The first-order valence-electron chi connectivity index (χ1n) is 8.60. The monoisotopic (exact) mass is 348 g/mol. The van der Waals surface area contributed by atoms with Crippen LogP contribution in [0.2, 0.25) is 0 Å². The standard InChI is InChI=1S/C19H28N2O4/c1-12(2)10-16(22)21-18(13(3)4)19(25)20-15-7-5-6-14(11-15)8-9-17(23)24/h5-7,11-13,18H,8-10H2,1-4H3,(H,20,25)(H,21,22)(H,23,24). The van der Waals surface area contributed by atoms with Crippen molar-refractivity contribution in [1.82, 2.24) is 5.32 Å². The second-order valence-corrected chi connectivity index (χ2v) is 6.97. The van der Waals surface area contributed by atoms with Crippen LogP contribution in [0.1, 0.15) is 46.1 Å². The fraction of sp³-hybridized carbons (Fsp3) is 0.526. The maximum absolute atomic E-state index is 12.5. The smallest absolute Gasteiger partial charge is 0.303 e. The summed E-state index contributed by atoms with van der Waals surface area (Å²) in [5, 5.41) is 14.4. The molecular formula is C19H28N2O4. The predicted octanol–water partition coefficient (Wildman–Crippen LogP) is 2.83. The molecule has 0 radical (unpaired) electrons. The van der Waals surface area contributed by atoms with E-state index >= 15 is 0 Å². The molecule has 3 N–H and O–H groups in total. The zero-order chi connectivity index (χ0) is 19.0. The molecule has 0 saturated heterocycles. The van der Waals surface area contributed by atoms with Crippen molar-refractivity contribution in [3.05, 3.63) is 29.8 Å². The molecule has 0 saturated carbocycles. The van der Waals surface area contributed by atoms with Crippen LogP contribution in [-0.2, 0) is 20.8 Å². The van der Waals surface area contributed by atoms with E-state index in [2.05, 4.69) is 10.6 Å². The summed E-state index contributed by atoms with van der Waals surface area (Å²) in [5.41, 5.74) is 1.43. The van der Waals surface area contributed by atoms with Crippen LogP contribution < -0.4 is 10.6 Å². The Hall–Kier alpha value is -2.37. The quantitative estimate of drug-likeness (QED) is 0.639. The summed E-state index contributed by atoms with van der Waals surface area (Å²) in [5.74, 6) is -1.10. The number of rotatable bonds is 9. The molecule has 0 aromatic heterocycles. The van der Waals surface area contributed by atoms with Crippen LogP contribution in [0.15, 0.2) is 24.3 Å². The molecule has 6 heteroatoms. The Balaban J connectivity index is 2.75. The molecule has 0 aliphatic rings. The molecule has 1 rings (SSSR count). The van der Waals surface area contributed by atoms with E-state index in [1.165, 1.54) is 0 Å². The SMILES string of the molecule is CC(C)CC(=O)NC(C(=O)Nc1cccc(CCC(=O)O)c1)C(C)C. The van der Waals surface area contributed by atoms with Gasteiger partial charge in [-0.15, -0.1) is 0 Å². The average molecular weight is 348 g/mol. The minimum Gasteiger partial charge on any atom is -0.481 e. The number of nitrogens with one attached hydrogen (secondary N) is 2. The van der Waals surface area contributed by atoms with E-state index in [-0.39, 0.29) is 30.1 Å². The van der Waals surface area contributed by atoms with E-state index in [0.29, 0.717) is 18.5 Å². The predicted molar refractivity (Wildman–Crippen MR) is 97.3 cm³/mol. The molecule has 0 fully saturated rings. The van der Waals surface area contributed by atoms with Crippen LogP contribution >= 0.6 is 0 Å². The number of carbonyl (C=O) groups excluding carboxylic acids is 2. The molecule has 0 aliphatic heterocycles. The van der Waals surface area contributed by atoms with Gasteiger partial charge in [0.15, 0.2) is 0 Å². The molecule has 1 aromatic rings. The minimum absolute atomic E-state index is 0.0390. The van der Waals surface area contributed by atoms with Crippen molar-refractivity contribution < 1.29 is 19.5 Å². The number of aryl methyl sites for hydroxylation is 1. The van der Waals surface area contributed by atoms with Crippen molar-refractivity contribution in [2.24, 2.45) is 11.8 Å². The largest absolute Gasteiger partial charge is 0.481 e. The van der Waals surface area contributed by atoms with Crippen LogP contribution in [0.4, 0.5) is 5.69 Å². The summed E-state index contributed by atoms with van der Waals surface area (Å²) in [6, 6.07) is 6.48. The highest BCUT2D eigenvalue weighted by atomic mass is 16.4. The van der Waals surface area contributed by atoms with Crippen molar-refractivity contribution >= 4 is 23.5 Å². The number of aliphatic carboxylic acids is 1. The lowest BCUT2D eigenvalue weighted by molar-refractivity contribution is -0.137. The third-order valence-corrected chi connectivity index (χ3v) is 3.68. The van der Waals surface area contributed by atoms with E-state index in [9.17, 15) is 14.4 Å². The van der Waals surface area contributed by atoms with Gasteiger partial charge in [-0.1, -0.05) is 39.8 Å². The van der Waals surface area contributed by atoms with Crippen molar-refractivity contribution in [2.75, 3.05) is 5.32 Å². The van der Waals surface area contributed by atoms with E-state index in [1.54, 1.807) is 18.2 Å². The van der Waals surface area contributed by atoms with E-state index in [4.69, 9.17) is 5.11 Å². The zero-order valence-corrected chi connectivity index (χ0v) is 15.3. The van der Waals surface area contributed by atoms with Gasteiger partial charge in [-0.3, -0.25) is 14.4 Å². The number of benzene rings is 1. The molecule has 2 amide bonds. The lowest BCUT2D eigenvalue weighted by Crippen LogP contribution is -2.47. The Morgan fingerprint density at radius 2 is 1.80 bits per heavy atom. The van der Waals surface area contributed by atoms with Crippen LogP contribution in [-0.4, -0.2) is 28.9 Å². The van der Waals surface area contributed by atoms with Gasteiger partial charge in [0.1, 0.15) is 6.04 Å². The number of anilines is 1. The van der Waals surface area contributed by atoms with Crippen molar-refractivity contribution in [2.45, 2.75) is 53.0 Å². The highest BCUT2D eigenvalue weighted by Crippen LogP contribution is 2.14. The second-order valence-electron chi connectivity index (χ2n) is 6.97. The summed E-state index contributed by atoms with van der Waals surface area (Å²) in [7, 11) is 0. The molecule has 1 aromatic carbocycles. The number of hydrogen-bond donors (Lipinski definition) is 3. The van der Waals surface area contributed by atoms with Gasteiger partial charge in [-0.05, 0) is 36.0 Å². The molecule has 0 bridgehead atoms. The first kappa shape index (κ1) is 20.7. The summed E-state index contributed by atoms with van der Waals surface area (Å²) >= 11 is 0. The number of hydrogen-bond acceptors (Lipinski definition) is 3. The van der Waals surface area contributed by atoms with Gasteiger partial charge in [0.25, 0.3) is 0 Å². The molecule has 0 spiro atoms. The fourth-order valence-corrected chi connectivity index (χ4v) is 2.41. The Morgan fingerprint density at radius 1 is 1.12 bits per heavy atom. The molecule has 0 heterocycles. The maximum atomic E-state index is 12.5. The van der Waals surface area contributed by atoms with Crippen LogP contribution in [0.3, 0.4) is 0 Å². The third-order valence-electron chi connectivity index (χ3n) is 3.68. The van der Waals surface area contributed by atoms with Gasteiger partial charge < -0.3 is 15.7 Å². The number of amides is 2. The molecular weight excluding hydrogens is 320 g/mol. The lowest BCUT2D eigenvalue weighted by atomic mass is 10.0. The van der Waals surface area contributed by atoms with E-state index < -0.39 is 12.0 Å². The number of carboxylic acid groups (broad SMARTS) is 1. The van der Waals surface area contributed by atoms with Crippen molar-refractivity contribution in [3.63, 3.8) is 0 Å². The first-order chi connectivity index (χ1) is 11.7. The zero-order valence-electron chi connectivity index (χ0n) is 15.3. The summed E-state index contributed by atoms with van der Waals surface area (Å²) in [4.78, 5) is 35.2. The first-order valence-corrected chi connectivity index (χ1v) is 8.60. The summed E-state index contributed by atoms with van der Waals surface area (Å²) in [6.45, 7) is 7.66. The molecule has 25 heavy (non-hydrogen) atoms. The Labute approximate surface area is 149 Å². The van der Waals surface area contributed by atoms with Crippen molar-refractivity contribution in [3.8, 4) is 0 Å². The van der Waals surface area contributed by atoms with Gasteiger partial charge in [-0.2, -0.15) is 0 Å². The topological polar surface area (TPSA) is 95.5 Å². The van der Waals surface area contributed by atoms with Crippen LogP contribution in [0, 0.1) is 11.8 Å². The van der Waals surface area contributed by atoms with Gasteiger partial charge >= 0.3 is 5.97 Å². The average Bonchev–Trinajstić information content (AvgIpc) is 2.50. The Kier molecular flexibility index (Phi) is 8.11. The second kappa shape index (κ2) is 9.81. The normalized spacial score (nSPS) is 12.1. The van der Waals surface area contributed by atoms with Crippen LogP contribution in [0.25, 0.3) is 0 Å². The number of carbonyl (C=O) groups is 3. The fourth-order valence-electron chi connectivity index (χ4n) is 2.41. The Morgan fingerprint density at radius 3 is 2.36 bits per heavy atom. The minimum atomic E-state index is -0.859. The maximum Gasteiger partial charge on any atom is 0.303 e. The molecule has 0 aliphatic carbocycles.